The molecule has 1 saturated heterocycles. The highest BCUT2D eigenvalue weighted by molar-refractivity contribution is 7.09. The van der Waals surface area contributed by atoms with E-state index in [1.165, 1.54) is 17.0 Å². The van der Waals surface area contributed by atoms with Crippen molar-refractivity contribution in [3.63, 3.8) is 0 Å². The molecule has 0 saturated carbocycles. The van der Waals surface area contributed by atoms with Gasteiger partial charge in [0.1, 0.15) is 5.82 Å². The van der Waals surface area contributed by atoms with Gasteiger partial charge in [0, 0.05) is 44.1 Å². The van der Waals surface area contributed by atoms with E-state index in [0.717, 1.165) is 44.7 Å². The summed E-state index contributed by atoms with van der Waals surface area (Å²) in [4.78, 5) is 18.1. The van der Waals surface area contributed by atoms with Gasteiger partial charge in [0.15, 0.2) is 0 Å². The Balaban J connectivity index is 1.33. The fourth-order valence-corrected chi connectivity index (χ4v) is 3.70. The average molecular weight is 361 g/mol. The molecule has 3 rings (SSSR count). The van der Waals surface area contributed by atoms with Crippen LogP contribution in [0.4, 0.5) is 4.39 Å². The first kappa shape index (κ1) is 18.0. The van der Waals surface area contributed by atoms with Gasteiger partial charge in [-0.2, -0.15) is 0 Å². The van der Waals surface area contributed by atoms with Crippen molar-refractivity contribution in [3.8, 4) is 0 Å². The highest BCUT2D eigenvalue weighted by atomic mass is 32.1. The second-order valence-electron chi connectivity index (χ2n) is 6.35. The summed E-state index contributed by atoms with van der Waals surface area (Å²) < 4.78 is 13.1. The summed E-state index contributed by atoms with van der Waals surface area (Å²) in [5.74, 6) is -0.276. The number of benzene rings is 1. The Morgan fingerprint density at radius 1 is 1.12 bits per heavy atom. The van der Waals surface area contributed by atoms with Gasteiger partial charge in [0.25, 0.3) is 0 Å². The molecule has 0 radical (unpaired) electrons. The number of amides is 1. The first-order valence-corrected chi connectivity index (χ1v) is 9.55. The summed E-state index contributed by atoms with van der Waals surface area (Å²) in [6, 6.07) is 10.6. The van der Waals surface area contributed by atoms with Crippen molar-refractivity contribution in [2.45, 2.75) is 13.0 Å². The summed E-state index contributed by atoms with van der Waals surface area (Å²) >= 11 is 1.81. The molecular formula is C19H24FN3OS. The summed E-state index contributed by atoms with van der Waals surface area (Å²) in [5.41, 5.74) is 0.784. The molecular weight excluding hydrogens is 337 g/mol. The predicted molar refractivity (Wildman–Crippen MR) is 99.1 cm³/mol. The summed E-state index contributed by atoms with van der Waals surface area (Å²) in [5, 5.41) is 4.99. The van der Waals surface area contributed by atoms with Crippen LogP contribution in [0.1, 0.15) is 10.4 Å². The van der Waals surface area contributed by atoms with Crippen molar-refractivity contribution in [1.82, 2.24) is 15.1 Å². The SMILES string of the molecule is O=C(CN1CCN(CCc2cccs2)CC1)NCc1cccc(F)c1. The van der Waals surface area contributed by atoms with Crippen LogP contribution in [0.5, 0.6) is 0 Å². The standard InChI is InChI=1S/C19H24FN3OS/c20-17-4-1-3-16(13-17)14-21-19(24)15-23-10-8-22(9-11-23)7-6-18-5-2-12-25-18/h1-5,12-13H,6-11,14-15H2,(H,21,24). The van der Waals surface area contributed by atoms with Crippen molar-refractivity contribution in [1.29, 1.82) is 0 Å². The molecule has 1 N–H and O–H groups in total. The maximum atomic E-state index is 13.1. The van der Waals surface area contributed by atoms with Crippen LogP contribution in [0.15, 0.2) is 41.8 Å². The van der Waals surface area contributed by atoms with Gasteiger partial charge in [-0.15, -0.1) is 11.3 Å². The lowest BCUT2D eigenvalue weighted by Gasteiger charge is -2.34. The molecule has 1 aliphatic heterocycles. The summed E-state index contributed by atoms with van der Waals surface area (Å²) in [6.45, 7) is 5.70. The highest BCUT2D eigenvalue weighted by Gasteiger charge is 2.18. The van der Waals surface area contributed by atoms with Crippen molar-refractivity contribution in [3.05, 3.63) is 58.0 Å². The second-order valence-corrected chi connectivity index (χ2v) is 7.39. The topological polar surface area (TPSA) is 35.6 Å². The Bertz CT molecular complexity index is 669. The van der Waals surface area contributed by atoms with E-state index in [-0.39, 0.29) is 11.7 Å². The van der Waals surface area contributed by atoms with Gasteiger partial charge in [0.05, 0.1) is 6.54 Å². The largest absolute Gasteiger partial charge is 0.351 e. The zero-order chi connectivity index (χ0) is 17.5. The molecule has 1 amide bonds. The van der Waals surface area contributed by atoms with Gasteiger partial charge in [-0.25, -0.2) is 4.39 Å². The van der Waals surface area contributed by atoms with Gasteiger partial charge in [-0.05, 0) is 35.6 Å². The highest BCUT2D eigenvalue weighted by Crippen LogP contribution is 2.11. The van der Waals surface area contributed by atoms with E-state index in [4.69, 9.17) is 0 Å². The fraction of sp³-hybridized carbons (Fsp3) is 0.421. The van der Waals surface area contributed by atoms with Crippen molar-refractivity contribution < 1.29 is 9.18 Å². The lowest BCUT2D eigenvalue weighted by molar-refractivity contribution is -0.122. The maximum absolute atomic E-state index is 13.1. The van der Waals surface area contributed by atoms with Gasteiger partial charge in [-0.3, -0.25) is 9.69 Å². The molecule has 0 unspecified atom stereocenters. The molecule has 0 spiro atoms. The van der Waals surface area contributed by atoms with E-state index < -0.39 is 0 Å². The first-order chi connectivity index (χ1) is 12.2. The van der Waals surface area contributed by atoms with Crippen LogP contribution in [-0.4, -0.2) is 55.0 Å². The molecule has 4 nitrogen and oxygen atoms in total. The van der Waals surface area contributed by atoms with E-state index in [2.05, 4.69) is 32.6 Å². The minimum atomic E-state index is -0.273. The summed E-state index contributed by atoms with van der Waals surface area (Å²) in [7, 11) is 0. The van der Waals surface area contributed by atoms with Crippen LogP contribution < -0.4 is 5.32 Å². The third-order valence-corrected chi connectivity index (χ3v) is 5.40. The quantitative estimate of drug-likeness (QED) is 0.822. The zero-order valence-electron chi connectivity index (χ0n) is 14.3. The van der Waals surface area contributed by atoms with E-state index in [0.29, 0.717) is 13.1 Å². The van der Waals surface area contributed by atoms with Crippen molar-refractivity contribution in [2.75, 3.05) is 39.3 Å². The molecule has 1 aromatic carbocycles. The fourth-order valence-electron chi connectivity index (χ4n) is 3.00. The van der Waals surface area contributed by atoms with Crippen LogP contribution in [0.25, 0.3) is 0 Å². The number of hydrogen-bond donors (Lipinski definition) is 1. The van der Waals surface area contributed by atoms with E-state index in [9.17, 15) is 9.18 Å². The molecule has 0 atom stereocenters. The van der Waals surface area contributed by atoms with Crippen LogP contribution in [0.3, 0.4) is 0 Å². The molecule has 134 valence electrons. The molecule has 2 aromatic rings. The van der Waals surface area contributed by atoms with E-state index in [1.807, 2.05) is 17.4 Å². The van der Waals surface area contributed by atoms with E-state index >= 15 is 0 Å². The van der Waals surface area contributed by atoms with Crippen LogP contribution in [-0.2, 0) is 17.8 Å². The third-order valence-electron chi connectivity index (χ3n) is 4.47. The lowest BCUT2D eigenvalue weighted by Crippen LogP contribution is -2.49. The minimum Gasteiger partial charge on any atom is -0.351 e. The number of rotatable bonds is 7. The number of hydrogen-bond acceptors (Lipinski definition) is 4. The van der Waals surface area contributed by atoms with Gasteiger partial charge in [-0.1, -0.05) is 18.2 Å². The number of halogens is 1. The Morgan fingerprint density at radius 2 is 1.92 bits per heavy atom. The molecule has 1 fully saturated rings. The normalized spacial score (nSPS) is 16.0. The van der Waals surface area contributed by atoms with Gasteiger partial charge in [0.2, 0.25) is 5.91 Å². The monoisotopic (exact) mass is 361 g/mol. The Morgan fingerprint density at radius 3 is 2.64 bits per heavy atom. The van der Waals surface area contributed by atoms with E-state index in [1.54, 1.807) is 6.07 Å². The van der Waals surface area contributed by atoms with Crippen molar-refractivity contribution in [2.24, 2.45) is 0 Å². The van der Waals surface area contributed by atoms with Gasteiger partial charge < -0.3 is 10.2 Å². The predicted octanol–water partition coefficient (Wildman–Crippen LogP) is 2.36. The molecule has 6 heteroatoms. The Hall–Kier alpha value is -1.76. The lowest BCUT2D eigenvalue weighted by atomic mass is 10.2. The second kappa shape index (κ2) is 9.08. The molecule has 0 bridgehead atoms. The number of nitrogens with one attached hydrogen (secondary N) is 1. The number of thiophene rings is 1. The number of nitrogens with zero attached hydrogens (tertiary/aromatic N) is 2. The Labute approximate surface area is 152 Å². The number of carbonyl (C=O) groups is 1. The molecule has 1 aromatic heterocycles. The molecule has 25 heavy (non-hydrogen) atoms. The number of piperazine rings is 1. The number of carbonyl (C=O) groups excluding carboxylic acids is 1. The minimum absolute atomic E-state index is 0.00343. The summed E-state index contributed by atoms with van der Waals surface area (Å²) in [6.07, 6.45) is 1.10. The average Bonchev–Trinajstić information content (AvgIpc) is 3.13. The van der Waals surface area contributed by atoms with Crippen LogP contribution in [0.2, 0.25) is 0 Å². The first-order valence-electron chi connectivity index (χ1n) is 8.67. The zero-order valence-corrected chi connectivity index (χ0v) is 15.1. The van der Waals surface area contributed by atoms with Crippen LogP contribution >= 0.6 is 11.3 Å². The molecule has 0 aliphatic carbocycles. The smallest absolute Gasteiger partial charge is 0.234 e. The van der Waals surface area contributed by atoms with Crippen LogP contribution in [0, 0.1) is 5.82 Å². The molecule has 2 heterocycles. The maximum Gasteiger partial charge on any atom is 0.234 e. The Kier molecular flexibility index (Phi) is 6.55. The third kappa shape index (κ3) is 5.92. The van der Waals surface area contributed by atoms with Crippen molar-refractivity contribution >= 4 is 17.2 Å². The van der Waals surface area contributed by atoms with Gasteiger partial charge >= 0.3 is 0 Å². The molecule has 1 aliphatic rings.